The number of benzene rings is 1. The van der Waals surface area contributed by atoms with Crippen LogP contribution in [0.3, 0.4) is 0 Å². The minimum absolute atomic E-state index is 0.0530. The molecule has 0 radical (unpaired) electrons. The van der Waals surface area contributed by atoms with Crippen molar-refractivity contribution in [3.63, 3.8) is 0 Å². The van der Waals surface area contributed by atoms with Gasteiger partial charge in [-0.15, -0.1) is 0 Å². The first-order valence-electron chi connectivity index (χ1n) is 6.02. The topological polar surface area (TPSA) is 47.3 Å². The fraction of sp³-hybridized carbons (Fsp3) is 0.357. The number of ether oxygens (including phenoxy) is 1. The highest BCUT2D eigenvalue weighted by atomic mass is 16.5. The lowest BCUT2D eigenvalue weighted by molar-refractivity contribution is 0.281. The molecule has 0 fully saturated rings. The standard InChI is InChI=1S/C14H18N2O2/c1-10(2)16-8-14(7-15-16)18-13-5-4-12(9-17)11(3)6-13/h4-8,10,17H,9H2,1-3H3. The average molecular weight is 246 g/mol. The summed E-state index contributed by atoms with van der Waals surface area (Å²) in [5.74, 6) is 1.48. The van der Waals surface area contributed by atoms with E-state index in [1.54, 1.807) is 6.20 Å². The quantitative estimate of drug-likeness (QED) is 0.901. The number of aromatic nitrogens is 2. The number of aliphatic hydroxyl groups is 1. The zero-order valence-corrected chi connectivity index (χ0v) is 10.9. The van der Waals surface area contributed by atoms with Crippen LogP contribution in [0, 0.1) is 6.92 Å². The van der Waals surface area contributed by atoms with Crippen molar-refractivity contribution in [2.45, 2.75) is 33.4 Å². The maximum Gasteiger partial charge on any atom is 0.165 e. The third-order valence-electron chi connectivity index (χ3n) is 2.83. The largest absolute Gasteiger partial charge is 0.454 e. The molecule has 0 atom stereocenters. The molecule has 1 heterocycles. The molecule has 96 valence electrons. The Balaban J connectivity index is 2.15. The molecule has 0 saturated heterocycles. The number of aryl methyl sites for hydroxylation is 1. The smallest absolute Gasteiger partial charge is 0.165 e. The van der Waals surface area contributed by atoms with Crippen LogP contribution in [0.1, 0.15) is 31.0 Å². The van der Waals surface area contributed by atoms with E-state index in [1.165, 1.54) is 0 Å². The van der Waals surface area contributed by atoms with Crippen LogP contribution in [-0.4, -0.2) is 14.9 Å². The van der Waals surface area contributed by atoms with Gasteiger partial charge in [0.05, 0.1) is 19.0 Å². The van der Waals surface area contributed by atoms with Gasteiger partial charge in [-0.05, 0) is 44.0 Å². The first kappa shape index (κ1) is 12.6. The van der Waals surface area contributed by atoms with E-state index in [2.05, 4.69) is 18.9 Å². The summed E-state index contributed by atoms with van der Waals surface area (Å²) in [6, 6.07) is 5.96. The minimum atomic E-state index is 0.0530. The Morgan fingerprint density at radius 2 is 2.11 bits per heavy atom. The number of rotatable bonds is 4. The Hall–Kier alpha value is -1.81. The lowest BCUT2D eigenvalue weighted by Crippen LogP contribution is -1.99. The molecule has 0 aliphatic rings. The van der Waals surface area contributed by atoms with E-state index in [9.17, 15) is 0 Å². The van der Waals surface area contributed by atoms with Gasteiger partial charge in [0.15, 0.2) is 5.75 Å². The molecule has 0 aliphatic heterocycles. The van der Waals surface area contributed by atoms with Crippen molar-refractivity contribution >= 4 is 0 Å². The molecule has 0 amide bonds. The maximum atomic E-state index is 9.11. The molecule has 0 saturated carbocycles. The van der Waals surface area contributed by atoms with Crippen LogP contribution in [0.5, 0.6) is 11.5 Å². The summed E-state index contributed by atoms with van der Waals surface area (Å²) >= 11 is 0. The molecule has 4 heteroatoms. The lowest BCUT2D eigenvalue weighted by Gasteiger charge is -2.07. The van der Waals surface area contributed by atoms with Crippen molar-refractivity contribution in [1.82, 2.24) is 9.78 Å². The maximum absolute atomic E-state index is 9.11. The van der Waals surface area contributed by atoms with Gasteiger partial charge in [0.2, 0.25) is 0 Å². The summed E-state index contributed by atoms with van der Waals surface area (Å²) in [4.78, 5) is 0. The van der Waals surface area contributed by atoms with Gasteiger partial charge >= 0.3 is 0 Å². The van der Waals surface area contributed by atoms with Crippen molar-refractivity contribution in [2.75, 3.05) is 0 Å². The van der Waals surface area contributed by atoms with E-state index in [4.69, 9.17) is 9.84 Å². The Morgan fingerprint density at radius 3 is 2.67 bits per heavy atom. The second kappa shape index (κ2) is 5.23. The van der Waals surface area contributed by atoms with E-state index >= 15 is 0 Å². The molecular weight excluding hydrogens is 228 g/mol. The van der Waals surface area contributed by atoms with E-state index < -0.39 is 0 Å². The molecular formula is C14H18N2O2. The summed E-state index contributed by atoms with van der Waals surface area (Å²) in [5, 5.41) is 13.3. The zero-order valence-electron chi connectivity index (χ0n) is 10.9. The molecule has 4 nitrogen and oxygen atoms in total. The van der Waals surface area contributed by atoms with Gasteiger partial charge in [0.25, 0.3) is 0 Å². The number of nitrogens with zero attached hydrogens (tertiary/aromatic N) is 2. The predicted molar refractivity (Wildman–Crippen MR) is 69.8 cm³/mol. The van der Waals surface area contributed by atoms with Gasteiger partial charge in [-0.25, -0.2) is 0 Å². The highest BCUT2D eigenvalue weighted by Crippen LogP contribution is 2.24. The van der Waals surface area contributed by atoms with Gasteiger partial charge in [-0.2, -0.15) is 5.10 Å². The van der Waals surface area contributed by atoms with Crippen LogP contribution < -0.4 is 4.74 Å². The molecule has 0 spiro atoms. The number of aliphatic hydroxyl groups excluding tert-OH is 1. The van der Waals surface area contributed by atoms with Crippen molar-refractivity contribution in [2.24, 2.45) is 0 Å². The average Bonchev–Trinajstić information content (AvgIpc) is 2.78. The second-order valence-corrected chi connectivity index (χ2v) is 4.60. The molecule has 1 aromatic heterocycles. The predicted octanol–water partition coefficient (Wildman–Crippen LogP) is 3.06. The Bertz CT molecular complexity index is 532. The first-order valence-corrected chi connectivity index (χ1v) is 6.02. The van der Waals surface area contributed by atoms with E-state index in [1.807, 2.05) is 36.0 Å². The van der Waals surface area contributed by atoms with Crippen LogP contribution >= 0.6 is 0 Å². The molecule has 1 N–H and O–H groups in total. The molecule has 0 bridgehead atoms. The molecule has 0 aliphatic carbocycles. The van der Waals surface area contributed by atoms with Crippen molar-refractivity contribution in [3.05, 3.63) is 41.7 Å². The molecule has 1 aromatic carbocycles. The summed E-state index contributed by atoms with van der Waals surface area (Å²) in [7, 11) is 0. The van der Waals surface area contributed by atoms with Gasteiger partial charge in [0, 0.05) is 6.04 Å². The van der Waals surface area contributed by atoms with Crippen LogP contribution in [0.15, 0.2) is 30.6 Å². The highest BCUT2D eigenvalue weighted by molar-refractivity contribution is 5.36. The van der Waals surface area contributed by atoms with Gasteiger partial charge in [0.1, 0.15) is 5.75 Å². The second-order valence-electron chi connectivity index (χ2n) is 4.60. The van der Waals surface area contributed by atoms with Crippen molar-refractivity contribution in [3.8, 4) is 11.5 Å². The van der Waals surface area contributed by atoms with E-state index in [0.717, 1.165) is 22.6 Å². The number of hydrogen-bond donors (Lipinski definition) is 1. The zero-order chi connectivity index (χ0) is 13.1. The lowest BCUT2D eigenvalue weighted by atomic mass is 10.1. The normalized spacial score (nSPS) is 10.9. The molecule has 0 unspecified atom stereocenters. The van der Waals surface area contributed by atoms with Gasteiger partial charge < -0.3 is 9.84 Å². The SMILES string of the molecule is Cc1cc(Oc2cnn(C(C)C)c2)ccc1CO. The van der Waals surface area contributed by atoms with E-state index in [0.29, 0.717) is 6.04 Å². The number of hydrogen-bond acceptors (Lipinski definition) is 3. The van der Waals surface area contributed by atoms with Crippen LogP contribution in [-0.2, 0) is 6.61 Å². The summed E-state index contributed by atoms with van der Waals surface area (Å²) in [6.07, 6.45) is 3.58. The van der Waals surface area contributed by atoms with Crippen molar-refractivity contribution < 1.29 is 9.84 Å². The Kier molecular flexibility index (Phi) is 3.67. The third-order valence-corrected chi connectivity index (χ3v) is 2.83. The van der Waals surface area contributed by atoms with Crippen molar-refractivity contribution in [1.29, 1.82) is 0 Å². The summed E-state index contributed by atoms with van der Waals surface area (Å²) < 4.78 is 7.58. The van der Waals surface area contributed by atoms with Crippen LogP contribution in [0.25, 0.3) is 0 Å². The Labute approximate surface area is 107 Å². The van der Waals surface area contributed by atoms with Gasteiger partial charge in [-0.1, -0.05) is 6.07 Å². The van der Waals surface area contributed by atoms with Crippen LogP contribution in [0.2, 0.25) is 0 Å². The summed E-state index contributed by atoms with van der Waals surface area (Å²) in [6.45, 7) is 6.14. The fourth-order valence-corrected chi connectivity index (χ4v) is 1.70. The molecule has 18 heavy (non-hydrogen) atoms. The first-order chi connectivity index (χ1) is 8.60. The fourth-order valence-electron chi connectivity index (χ4n) is 1.70. The third kappa shape index (κ3) is 2.71. The highest BCUT2D eigenvalue weighted by Gasteiger charge is 2.05. The Morgan fingerprint density at radius 1 is 1.33 bits per heavy atom. The molecule has 2 aromatic rings. The summed E-state index contributed by atoms with van der Waals surface area (Å²) in [5.41, 5.74) is 1.94. The minimum Gasteiger partial charge on any atom is -0.454 e. The monoisotopic (exact) mass is 246 g/mol. The van der Waals surface area contributed by atoms with E-state index in [-0.39, 0.29) is 6.61 Å². The van der Waals surface area contributed by atoms with Gasteiger partial charge in [-0.3, -0.25) is 4.68 Å². The molecule has 2 rings (SSSR count). The van der Waals surface area contributed by atoms with Crippen LogP contribution in [0.4, 0.5) is 0 Å².